The summed E-state index contributed by atoms with van der Waals surface area (Å²) in [4.78, 5) is 2.44. The van der Waals surface area contributed by atoms with Gasteiger partial charge < -0.3 is 9.47 Å². The van der Waals surface area contributed by atoms with Crippen molar-refractivity contribution < 1.29 is 0 Å². The first-order valence-corrected chi connectivity index (χ1v) is 23.4. The first kappa shape index (κ1) is 36.9. The molecule has 0 fully saturated rings. The molecule has 10 aromatic carbocycles. The summed E-state index contributed by atoms with van der Waals surface area (Å²) in [6, 6.07) is 84.7. The molecular weight excluding hydrogens is 813 g/mol. The van der Waals surface area contributed by atoms with Gasteiger partial charge in [-0.1, -0.05) is 170 Å². The maximum Gasteiger partial charge on any atom is 0.0562 e. The summed E-state index contributed by atoms with van der Waals surface area (Å²) < 4.78 is 7.75. The lowest BCUT2D eigenvalue weighted by atomic mass is 9.95. The summed E-state index contributed by atoms with van der Waals surface area (Å²) in [5.41, 5.74) is 14.1. The highest BCUT2D eigenvalue weighted by Gasteiger charge is 2.23. The third-order valence-corrected chi connectivity index (χ3v) is 15.2. The number of fused-ring (bicyclic) bond motifs is 9. The van der Waals surface area contributed by atoms with Crippen LogP contribution in [0, 0.1) is 0 Å². The topological polar surface area (TPSA) is 8.17 Å². The van der Waals surface area contributed by atoms with E-state index in [0.717, 1.165) is 28.3 Å². The van der Waals surface area contributed by atoms with E-state index < -0.39 is 0 Å². The maximum atomic E-state index is 2.49. The van der Waals surface area contributed by atoms with Gasteiger partial charge >= 0.3 is 0 Å². The van der Waals surface area contributed by atoms with Crippen molar-refractivity contribution in [1.29, 1.82) is 0 Å². The Labute approximate surface area is 378 Å². The Morgan fingerprint density at radius 1 is 0.312 bits per heavy atom. The van der Waals surface area contributed by atoms with Crippen molar-refractivity contribution in [3.8, 4) is 39.1 Å². The van der Waals surface area contributed by atoms with Crippen LogP contribution < -0.4 is 4.90 Å². The number of para-hydroxylation sites is 3. The van der Waals surface area contributed by atoms with Crippen molar-refractivity contribution in [2.75, 3.05) is 4.90 Å². The Morgan fingerprint density at radius 2 is 0.875 bits per heavy atom. The molecule has 0 amide bonds. The molecule has 0 aliphatic rings. The molecule has 13 rings (SSSR count). The van der Waals surface area contributed by atoms with Crippen LogP contribution in [0.3, 0.4) is 0 Å². The molecule has 0 aliphatic carbocycles. The predicted octanol–water partition coefficient (Wildman–Crippen LogP) is 18.0. The van der Waals surface area contributed by atoms with Gasteiger partial charge in [0.2, 0.25) is 0 Å². The highest BCUT2D eigenvalue weighted by Crippen LogP contribution is 2.48. The number of aromatic nitrogens is 1. The third kappa shape index (κ3) is 5.84. The zero-order chi connectivity index (χ0) is 42.1. The van der Waals surface area contributed by atoms with Crippen molar-refractivity contribution in [2.24, 2.45) is 0 Å². The molecule has 0 atom stereocenters. The van der Waals surface area contributed by atoms with E-state index >= 15 is 0 Å². The average Bonchev–Trinajstić information content (AvgIpc) is 4.04. The summed E-state index contributed by atoms with van der Waals surface area (Å²) in [7, 11) is 0. The summed E-state index contributed by atoms with van der Waals surface area (Å²) in [5.74, 6) is 0. The fraction of sp³-hybridized carbons (Fsp3) is 0. The van der Waals surface area contributed by atoms with E-state index in [2.05, 4.69) is 240 Å². The molecule has 0 bridgehead atoms. The SMILES string of the molecule is c1ccc(-c2cc(-c3cccc4c3sc3ccccc34)ccc2N(c2ccccc2)c2ccc3c4ccccc4n(-c4ccccc4-c4cccc5c4sc4ccccc45)c3c2)cc1. The monoisotopic (exact) mass is 850 g/mol. The fourth-order valence-corrected chi connectivity index (χ4v) is 12.4. The van der Waals surface area contributed by atoms with Crippen LogP contribution in [0.25, 0.3) is 101 Å². The number of rotatable bonds is 7. The molecule has 0 spiro atoms. The smallest absolute Gasteiger partial charge is 0.0562 e. The largest absolute Gasteiger partial charge is 0.310 e. The molecule has 300 valence electrons. The van der Waals surface area contributed by atoms with Gasteiger partial charge in [0, 0.05) is 79.2 Å². The first-order valence-electron chi connectivity index (χ1n) is 21.8. The molecule has 0 aliphatic heterocycles. The molecule has 13 aromatic rings. The lowest BCUT2D eigenvalue weighted by Crippen LogP contribution is -2.11. The molecule has 0 saturated carbocycles. The minimum absolute atomic E-state index is 1.09. The van der Waals surface area contributed by atoms with Crippen molar-refractivity contribution in [2.45, 2.75) is 0 Å². The van der Waals surface area contributed by atoms with E-state index in [-0.39, 0.29) is 0 Å². The van der Waals surface area contributed by atoms with Gasteiger partial charge in [0.25, 0.3) is 0 Å². The molecule has 2 nitrogen and oxygen atoms in total. The minimum Gasteiger partial charge on any atom is -0.310 e. The number of hydrogen-bond donors (Lipinski definition) is 0. The Hall–Kier alpha value is -7.76. The van der Waals surface area contributed by atoms with Crippen LogP contribution in [0.1, 0.15) is 0 Å². The lowest BCUT2D eigenvalue weighted by molar-refractivity contribution is 1.18. The molecule has 3 heterocycles. The van der Waals surface area contributed by atoms with Crippen molar-refractivity contribution in [3.63, 3.8) is 0 Å². The number of nitrogens with zero attached hydrogens (tertiary/aromatic N) is 2. The zero-order valence-electron chi connectivity index (χ0n) is 34.7. The third-order valence-electron chi connectivity index (χ3n) is 12.8. The van der Waals surface area contributed by atoms with Crippen molar-refractivity contribution in [1.82, 2.24) is 4.57 Å². The van der Waals surface area contributed by atoms with Crippen molar-refractivity contribution in [3.05, 3.63) is 231 Å². The Morgan fingerprint density at radius 3 is 1.62 bits per heavy atom. The summed E-state index contributed by atoms with van der Waals surface area (Å²) in [6.07, 6.45) is 0. The van der Waals surface area contributed by atoms with E-state index in [9.17, 15) is 0 Å². The summed E-state index contributed by atoms with van der Waals surface area (Å²) in [5, 5.41) is 7.68. The van der Waals surface area contributed by atoms with Gasteiger partial charge in [-0.15, -0.1) is 22.7 Å². The standard InChI is InChI=1S/C60H38N2S2/c1-3-17-39(18-4-1)52-37-40(43-25-15-27-50-47-23-9-13-31-57(47)63-59(43)50)33-36-55(52)61(41-19-5-2-6-20-41)42-34-35-46-44-21-7-11-29-53(44)62(56(46)38-42)54-30-12-8-22-45(54)49-26-16-28-51-48-24-10-14-32-58(48)64-60(49)51/h1-38H. The minimum atomic E-state index is 1.09. The van der Waals surface area contributed by atoms with Gasteiger partial charge in [-0.2, -0.15) is 0 Å². The van der Waals surface area contributed by atoms with E-state index in [0.29, 0.717) is 0 Å². The Bertz CT molecular complexity index is 3910. The molecule has 3 aromatic heterocycles. The highest BCUT2D eigenvalue weighted by molar-refractivity contribution is 7.26. The van der Waals surface area contributed by atoms with Gasteiger partial charge in [-0.25, -0.2) is 0 Å². The van der Waals surface area contributed by atoms with Crippen LogP contribution in [0.5, 0.6) is 0 Å². The van der Waals surface area contributed by atoms with E-state index in [1.54, 1.807) is 0 Å². The summed E-state index contributed by atoms with van der Waals surface area (Å²) >= 11 is 3.76. The second kappa shape index (κ2) is 15.0. The van der Waals surface area contributed by atoms with E-state index in [4.69, 9.17) is 0 Å². The van der Waals surface area contributed by atoms with Crippen LogP contribution in [0.4, 0.5) is 17.1 Å². The van der Waals surface area contributed by atoms with Crippen LogP contribution in [0.15, 0.2) is 231 Å². The number of thiophene rings is 2. The lowest BCUT2D eigenvalue weighted by Gasteiger charge is -2.28. The second-order valence-corrected chi connectivity index (χ2v) is 18.5. The Kier molecular flexibility index (Phi) is 8.61. The maximum absolute atomic E-state index is 2.49. The van der Waals surface area contributed by atoms with E-state index in [1.165, 1.54) is 90.0 Å². The van der Waals surface area contributed by atoms with Crippen LogP contribution >= 0.6 is 22.7 Å². The van der Waals surface area contributed by atoms with E-state index in [1.807, 2.05) is 22.7 Å². The van der Waals surface area contributed by atoms with Crippen LogP contribution in [0.2, 0.25) is 0 Å². The number of anilines is 3. The van der Waals surface area contributed by atoms with Gasteiger partial charge in [-0.05, 0) is 77.4 Å². The normalized spacial score (nSPS) is 11.8. The predicted molar refractivity (Wildman–Crippen MR) is 278 cm³/mol. The van der Waals surface area contributed by atoms with Crippen molar-refractivity contribution >= 4 is 102 Å². The zero-order valence-corrected chi connectivity index (χ0v) is 36.3. The molecule has 0 radical (unpaired) electrons. The Balaban J connectivity index is 1.04. The molecule has 0 N–H and O–H groups in total. The number of benzene rings is 10. The van der Waals surface area contributed by atoms with Gasteiger partial charge in [0.15, 0.2) is 0 Å². The molecule has 64 heavy (non-hydrogen) atoms. The van der Waals surface area contributed by atoms with Gasteiger partial charge in [0.1, 0.15) is 0 Å². The van der Waals surface area contributed by atoms with Crippen LogP contribution in [-0.4, -0.2) is 4.57 Å². The molecule has 0 saturated heterocycles. The molecular formula is C60H38N2S2. The number of hydrogen-bond acceptors (Lipinski definition) is 3. The second-order valence-electron chi connectivity index (χ2n) is 16.4. The fourth-order valence-electron chi connectivity index (χ4n) is 9.94. The van der Waals surface area contributed by atoms with Crippen LogP contribution in [-0.2, 0) is 0 Å². The van der Waals surface area contributed by atoms with Gasteiger partial charge in [-0.3, -0.25) is 0 Å². The van der Waals surface area contributed by atoms with Gasteiger partial charge in [0.05, 0.1) is 22.4 Å². The first-order chi connectivity index (χ1) is 31.8. The average molecular weight is 851 g/mol. The molecule has 4 heteroatoms. The summed E-state index contributed by atoms with van der Waals surface area (Å²) in [6.45, 7) is 0. The quantitative estimate of drug-likeness (QED) is 0.155. The highest BCUT2D eigenvalue weighted by atomic mass is 32.1. The molecule has 0 unspecified atom stereocenters.